The minimum atomic E-state index is -0.710. The van der Waals surface area contributed by atoms with Gasteiger partial charge in [-0.25, -0.2) is 0 Å². The number of hydrogen-bond acceptors (Lipinski definition) is 3. The Hall–Kier alpha value is -1.10. The molecule has 96 valence electrons. The van der Waals surface area contributed by atoms with Crippen molar-refractivity contribution in [2.24, 2.45) is 0 Å². The maximum absolute atomic E-state index is 9.68. The van der Waals surface area contributed by atoms with Crippen molar-refractivity contribution in [3.8, 4) is 0 Å². The maximum Gasteiger partial charge on any atom is 0.104 e. The lowest BCUT2D eigenvalue weighted by atomic mass is 9.78. The Bertz CT molecular complexity index is 472. The average Bonchev–Trinajstić information content (AvgIpc) is 2.90. The number of rotatable bonds is 5. The lowest BCUT2D eigenvalue weighted by molar-refractivity contribution is 0.112. The molecule has 0 spiro atoms. The van der Waals surface area contributed by atoms with Gasteiger partial charge >= 0.3 is 0 Å². The van der Waals surface area contributed by atoms with Crippen LogP contribution in [0, 0.1) is 0 Å². The van der Waals surface area contributed by atoms with Crippen LogP contribution in [0.4, 0.5) is 0 Å². The maximum atomic E-state index is 9.68. The number of benzene rings is 1. The van der Waals surface area contributed by atoms with Gasteiger partial charge in [0.1, 0.15) is 5.76 Å². The van der Waals surface area contributed by atoms with E-state index in [4.69, 9.17) is 4.42 Å². The highest BCUT2D eigenvalue weighted by atomic mass is 79.9. The summed E-state index contributed by atoms with van der Waals surface area (Å²) in [5.41, 5.74) is 0.186. The topological polar surface area (TPSA) is 53.6 Å². The van der Waals surface area contributed by atoms with Crippen LogP contribution in [0.5, 0.6) is 0 Å². The smallest absolute Gasteiger partial charge is 0.104 e. The number of aliphatic hydroxyl groups is 2. The van der Waals surface area contributed by atoms with E-state index in [0.29, 0.717) is 6.42 Å². The summed E-state index contributed by atoms with van der Waals surface area (Å²) >= 11 is 3.37. The Labute approximate surface area is 114 Å². The molecule has 0 amide bonds. The molecule has 0 bridgehead atoms. The van der Waals surface area contributed by atoms with Crippen LogP contribution in [0.3, 0.4) is 0 Å². The minimum absolute atomic E-state index is 0.133. The Morgan fingerprint density at radius 1 is 1.06 bits per heavy atom. The van der Waals surface area contributed by atoms with Crippen molar-refractivity contribution < 1.29 is 14.6 Å². The zero-order valence-corrected chi connectivity index (χ0v) is 11.4. The second-order valence-electron chi connectivity index (χ2n) is 4.36. The SMILES string of the molecule is OCC(CO)(Cc1ccco1)c1ccc(Br)cc1. The first-order chi connectivity index (χ1) is 8.70. The van der Waals surface area contributed by atoms with Crippen molar-refractivity contribution in [1.82, 2.24) is 0 Å². The Morgan fingerprint density at radius 2 is 1.72 bits per heavy atom. The van der Waals surface area contributed by atoms with Crippen molar-refractivity contribution in [3.63, 3.8) is 0 Å². The molecule has 0 fully saturated rings. The minimum Gasteiger partial charge on any atom is -0.469 e. The van der Waals surface area contributed by atoms with E-state index in [1.165, 1.54) is 0 Å². The molecule has 2 aromatic rings. The van der Waals surface area contributed by atoms with Crippen molar-refractivity contribution in [3.05, 3.63) is 58.5 Å². The summed E-state index contributed by atoms with van der Waals surface area (Å²) in [5, 5.41) is 19.4. The standard InChI is InChI=1S/C14H15BrO3/c15-12-5-3-11(4-6-12)14(9-16,10-17)8-13-2-1-7-18-13/h1-7,16-17H,8-10H2. The van der Waals surface area contributed by atoms with Crippen LogP contribution in [0.2, 0.25) is 0 Å². The van der Waals surface area contributed by atoms with Crippen LogP contribution in [0.15, 0.2) is 51.6 Å². The van der Waals surface area contributed by atoms with Gasteiger partial charge in [-0.15, -0.1) is 0 Å². The van der Waals surface area contributed by atoms with E-state index >= 15 is 0 Å². The summed E-state index contributed by atoms with van der Waals surface area (Å²) in [4.78, 5) is 0. The summed E-state index contributed by atoms with van der Waals surface area (Å²) in [5.74, 6) is 0.751. The van der Waals surface area contributed by atoms with E-state index in [9.17, 15) is 10.2 Å². The number of halogens is 1. The molecule has 0 unspecified atom stereocenters. The van der Waals surface area contributed by atoms with Crippen LogP contribution >= 0.6 is 15.9 Å². The lowest BCUT2D eigenvalue weighted by Gasteiger charge is -2.29. The monoisotopic (exact) mass is 310 g/mol. The molecule has 0 radical (unpaired) electrons. The molecule has 1 aromatic heterocycles. The summed E-state index contributed by atoms with van der Waals surface area (Å²) in [7, 11) is 0. The Kier molecular flexibility index (Phi) is 4.22. The number of hydrogen-bond donors (Lipinski definition) is 2. The second-order valence-corrected chi connectivity index (χ2v) is 5.28. The molecular formula is C14H15BrO3. The zero-order chi connectivity index (χ0) is 13.0. The van der Waals surface area contributed by atoms with Gasteiger partial charge in [0.15, 0.2) is 0 Å². The fourth-order valence-electron chi connectivity index (χ4n) is 2.00. The number of furan rings is 1. The van der Waals surface area contributed by atoms with Gasteiger partial charge in [-0.3, -0.25) is 0 Å². The van der Waals surface area contributed by atoms with Crippen LogP contribution < -0.4 is 0 Å². The van der Waals surface area contributed by atoms with Gasteiger partial charge < -0.3 is 14.6 Å². The molecule has 18 heavy (non-hydrogen) atoms. The van der Waals surface area contributed by atoms with E-state index in [2.05, 4.69) is 15.9 Å². The second kappa shape index (κ2) is 5.69. The van der Waals surface area contributed by atoms with Crippen LogP contribution in [0.25, 0.3) is 0 Å². The Morgan fingerprint density at radius 3 is 2.22 bits per heavy atom. The first-order valence-corrected chi connectivity index (χ1v) is 6.50. The van der Waals surface area contributed by atoms with Gasteiger partial charge in [0.2, 0.25) is 0 Å². The molecule has 2 N–H and O–H groups in total. The summed E-state index contributed by atoms with van der Waals surface area (Å²) in [6, 6.07) is 11.3. The largest absolute Gasteiger partial charge is 0.469 e. The molecule has 0 aliphatic heterocycles. The molecule has 0 aliphatic carbocycles. The van der Waals surface area contributed by atoms with Crippen molar-refractivity contribution >= 4 is 15.9 Å². The van der Waals surface area contributed by atoms with E-state index < -0.39 is 5.41 Å². The summed E-state index contributed by atoms with van der Waals surface area (Å²) in [6.45, 7) is -0.266. The van der Waals surface area contributed by atoms with Crippen LogP contribution in [0.1, 0.15) is 11.3 Å². The predicted octanol–water partition coefficient (Wildman–Crippen LogP) is 2.51. The van der Waals surface area contributed by atoms with Crippen molar-refractivity contribution in [2.75, 3.05) is 13.2 Å². The summed E-state index contributed by atoms with van der Waals surface area (Å²) < 4.78 is 6.27. The Balaban J connectivity index is 2.33. The van der Waals surface area contributed by atoms with Gasteiger partial charge in [-0.1, -0.05) is 28.1 Å². The van der Waals surface area contributed by atoms with Crippen molar-refractivity contribution in [2.45, 2.75) is 11.8 Å². The third kappa shape index (κ3) is 2.66. The van der Waals surface area contributed by atoms with Crippen LogP contribution in [-0.2, 0) is 11.8 Å². The quantitative estimate of drug-likeness (QED) is 0.892. The van der Waals surface area contributed by atoms with Crippen LogP contribution in [-0.4, -0.2) is 23.4 Å². The highest BCUT2D eigenvalue weighted by Gasteiger charge is 2.32. The van der Waals surface area contributed by atoms with Gasteiger partial charge in [-0.05, 0) is 29.8 Å². The van der Waals surface area contributed by atoms with Gasteiger partial charge in [0.05, 0.1) is 19.5 Å². The highest BCUT2D eigenvalue weighted by Crippen LogP contribution is 2.29. The molecule has 4 heteroatoms. The van der Waals surface area contributed by atoms with Gasteiger partial charge in [0.25, 0.3) is 0 Å². The predicted molar refractivity (Wildman–Crippen MR) is 72.4 cm³/mol. The first-order valence-electron chi connectivity index (χ1n) is 5.70. The average molecular weight is 311 g/mol. The molecule has 0 atom stereocenters. The molecule has 1 aromatic carbocycles. The molecule has 1 heterocycles. The lowest BCUT2D eigenvalue weighted by Crippen LogP contribution is -2.37. The van der Waals surface area contributed by atoms with E-state index in [-0.39, 0.29) is 13.2 Å². The van der Waals surface area contributed by atoms with E-state index in [1.54, 1.807) is 12.3 Å². The fourth-order valence-corrected chi connectivity index (χ4v) is 2.26. The third-order valence-corrected chi connectivity index (χ3v) is 3.68. The zero-order valence-electron chi connectivity index (χ0n) is 9.84. The first kappa shape index (κ1) is 13.3. The normalized spacial score (nSPS) is 11.7. The third-order valence-electron chi connectivity index (χ3n) is 3.15. The highest BCUT2D eigenvalue weighted by molar-refractivity contribution is 9.10. The molecule has 0 aliphatic rings. The molecule has 2 rings (SSSR count). The number of aliphatic hydroxyl groups excluding tert-OH is 2. The van der Waals surface area contributed by atoms with E-state index in [1.807, 2.05) is 30.3 Å². The molecular weight excluding hydrogens is 296 g/mol. The fraction of sp³-hybridized carbons (Fsp3) is 0.286. The molecule has 0 saturated heterocycles. The molecule has 0 saturated carbocycles. The van der Waals surface area contributed by atoms with Crippen molar-refractivity contribution in [1.29, 1.82) is 0 Å². The molecule has 3 nitrogen and oxygen atoms in total. The van der Waals surface area contributed by atoms with E-state index in [0.717, 1.165) is 15.8 Å². The van der Waals surface area contributed by atoms with Gasteiger partial charge in [0, 0.05) is 16.3 Å². The van der Waals surface area contributed by atoms with Gasteiger partial charge in [-0.2, -0.15) is 0 Å². The summed E-state index contributed by atoms with van der Waals surface area (Å²) in [6.07, 6.45) is 2.06.